The quantitative estimate of drug-likeness (QED) is 0.782. The van der Waals surface area contributed by atoms with E-state index in [1.54, 1.807) is 13.0 Å². The molecule has 6 nitrogen and oxygen atoms in total. The van der Waals surface area contributed by atoms with Crippen molar-refractivity contribution in [2.24, 2.45) is 0 Å². The van der Waals surface area contributed by atoms with Crippen LogP contribution in [0.2, 0.25) is 0 Å². The molecule has 26 heavy (non-hydrogen) atoms. The van der Waals surface area contributed by atoms with Crippen molar-refractivity contribution in [1.82, 2.24) is 10.2 Å². The molecule has 6 heteroatoms. The van der Waals surface area contributed by atoms with Crippen LogP contribution in [0.25, 0.3) is 12.2 Å². The third-order valence-corrected chi connectivity index (χ3v) is 3.72. The summed E-state index contributed by atoms with van der Waals surface area (Å²) >= 11 is 0. The van der Waals surface area contributed by atoms with Gasteiger partial charge in [-0.25, -0.2) is 5.10 Å². The minimum atomic E-state index is -0.480. The molecule has 1 aromatic carbocycles. The highest BCUT2D eigenvalue weighted by Gasteiger charge is 2.09. The lowest BCUT2D eigenvalue weighted by Gasteiger charge is -2.11. The summed E-state index contributed by atoms with van der Waals surface area (Å²) in [7, 11) is 0. The predicted octanol–water partition coefficient (Wildman–Crippen LogP) is 3.70. The van der Waals surface area contributed by atoms with Crippen molar-refractivity contribution in [1.29, 1.82) is 5.26 Å². The molecule has 2 rings (SSSR count). The largest absolute Gasteiger partial charge is 0.493 e. The molecule has 0 aliphatic carbocycles. The van der Waals surface area contributed by atoms with Gasteiger partial charge in [0.25, 0.3) is 5.56 Å². The molecule has 136 valence electrons. The van der Waals surface area contributed by atoms with Gasteiger partial charge in [-0.15, -0.1) is 0 Å². The number of nitrogens with zero attached hydrogens (tertiary/aromatic N) is 2. The van der Waals surface area contributed by atoms with Gasteiger partial charge in [0, 0.05) is 11.6 Å². The molecule has 0 radical (unpaired) electrons. The van der Waals surface area contributed by atoms with Crippen LogP contribution in [0, 0.1) is 18.3 Å². The second-order valence-corrected chi connectivity index (χ2v) is 5.78. The summed E-state index contributed by atoms with van der Waals surface area (Å²) in [5.74, 6) is 1.49. The van der Waals surface area contributed by atoms with Crippen molar-refractivity contribution in [3.8, 4) is 17.6 Å². The lowest BCUT2D eigenvalue weighted by molar-refractivity contribution is 0.301. The summed E-state index contributed by atoms with van der Waals surface area (Å²) in [6.07, 6.45) is 5.44. The molecule has 0 amide bonds. The topological polar surface area (TPSA) is 88.0 Å². The molecule has 1 N–H and O–H groups in total. The summed E-state index contributed by atoms with van der Waals surface area (Å²) in [4.78, 5) is 11.6. The molecule has 1 aromatic heterocycles. The molecule has 0 aliphatic heterocycles. The van der Waals surface area contributed by atoms with Crippen LogP contribution < -0.4 is 15.0 Å². The number of hydrogen-bond donors (Lipinski definition) is 1. The Kier molecular flexibility index (Phi) is 6.98. The Morgan fingerprint density at radius 2 is 1.92 bits per heavy atom. The Hall–Kier alpha value is -3.07. The zero-order valence-corrected chi connectivity index (χ0v) is 15.3. The minimum absolute atomic E-state index is 0.0745. The number of rotatable bonds is 8. The molecule has 0 fully saturated rings. The van der Waals surface area contributed by atoms with Crippen molar-refractivity contribution < 1.29 is 9.47 Å². The van der Waals surface area contributed by atoms with E-state index < -0.39 is 5.56 Å². The van der Waals surface area contributed by atoms with Crippen molar-refractivity contribution in [2.45, 2.75) is 33.6 Å². The van der Waals surface area contributed by atoms with Gasteiger partial charge in [0.15, 0.2) is 0 Å². The number of nitriles is 1. The lowest BCUT2D eigenvalue weighted by atomic mass is 10.1. The van der Waals surface area contributed by atoms with E-state index in [0.29, 0.717) is 24.5 Å². The molecule has 0 saturated carbocycles. The normalized spacial score (nSPS) is 10.7. The number of H-pyrrole nitrogens is 1. The van der Waals surface area contributed by atoms with Gasteiger partial charge in [-0.2, -0.15) is 10.4 Å². The number of hydrogen-bond acceptors (Lipinski definition) is 5. The van der Waals surface area contributed by atoms with Crippen LogP contribution in [-0.2, 0) is 0 Å². The van der Waals surface area contributed by atoms with Crippen molar-refractivity contribution in [2.75, 3.05) is 13.2 Å². The Labute approximate surface area is 153 Å². The first-order valence-corrected chi connectivity index (χ1v) is 8.67. The first-order valence-electron chi connectivity index (χ1n) is 8.67. The third-order valence-electron chi connectivity index (χ3n) is 3.72. The van der Waals surface area contributed by atoms with E-state index >= 15 is 0 Å². The highest BCUT2D eigenvalue weighted by atomic mass is 16.5. The van der Waals surface area contributed by atoms with Crippen LogP contribution in [0.3, 0.4) is 0 Å². The highest BCUT2D eigenvalue weighted by molar-refractivity contribution is 5.73. The minimum Gasteiger partial charge on any atom is -0.493 e. The Morgan fingerprint density at radius 1 is 1.19 bits per heavy atom. The Bertz CT molecular complexity index is 879. The predicted molar refractivity (Wildman–Crippen MR) is 101 cm³/mol. The van der Waals surface area contributed by atoms with Gasteiger partial charge in [0.2, 0.25) is 0 Å². The van der Waals surface area contributed by atoms with E-state index in [-0.39, 0.29) is 5.56 Å². The van der Waals surface area contributed by atoms with Crippen LogP contribution >= 0.6 is 0 Å². The van der Waals surface area contributed by atoms with E-state index in [1.807, 2.05) is 37.3 Å². The number of nitrogens with one attached hydrogen (secondary N) is 1. The summed E-state index contributed by atoms with van der Waals surface area (Å²) in [5.41, 5.74) is 1.55. The molecule has 0 spiro atoms. The SMILES string of the molecule is CCCOc1ccc(/C=C/c2n[nH]c(=O)c(C#N)c2C)c(OCCC)c1. The maximum Gasteiger partial charge on any atom is 0.282 e. The lowest BCUT2D eigenvalue weighted by Crippen LogP contribution is -2.15. The highest BCUT2D eigenvalue weighted by Crippen LogP contribution is 2.27. The molecule has 0 saturated heterocycles. The summed E-state index contributed by atoms with van der Waals surface area (Å²) in [6, 6.07) is 7.59. The molecule has 2 aromatic rings. The van der Waals surface area contributed by atoms with E-state index in [2.05, 4.69) is 17.1 Å². The van der Waals surface area contributed by atoms with Gasteiger partial charge < -0.3 is 9.47 Å². The van der Waals surface area contributed by atoms with Gasteiger partial charge in [-0.05, 0) is 49.6 Å². The molecule has 0 aliphatic rings. The average Bonchev–Trinajstić information content (AvgIpc) is 2.65. The molecular weight excluding hydrogens is 330 g/mol. The van der Waals surface area contributed by atoms with Crippen LogP contribution in [0.5, 0.6) is 11.5 Å². The fraction of sp³-hybridized carbons (Fsp3) is 0.350. The number of aromatic nitrogens is 2. The van der Waals surface area contributed by atoms with Gasteiger partial charge in [0.1, 0.15) is 23.1 Å². The second kappa shape index (κ2) is 9.42. The van der Waals surface area contributed by atoms with Gasteiger partial charge in [-0.1, -0.05) is 13.8 Å². The molecule has 0 unspecified atom stereocenters. The number of ether oxygens (including phenoxy) is 2. The van der Waals surface area contributed by atoms with Crippen molar-refractivity contribution in [3.63, 3.8) is 0 Å². The first-order chi connectivity index (χ1) is 12.6. The van der Waals surface area contributed by atoms with Crippen LogP contribution in [0.15, 0.2) is 23.0 Å². The third kappa shape index (κ3) is 4.73. The maximum absolute atomic E-state index is 11.6. The van der Waals surface area contributed by atoms with E-state index in [0.717, 1.165) is 29.9 Å². The number of benzene rings is 1. The monoisotopic (exact) mass is 353 g/mol. The average molecular weight is 353 g/mol. The maximum atomic E-state index is 11.6. The van der Waals surface area contributed by atoms with Crippen LogP contribution in [0.4, 0.5) is 0 Å². The second-order valence-electron chi connectivity index (χ2n) is 5.78. The molecule has 0 bridgehead atoms. The summed E-state index contributed by atoms with van der Waals surface area (Å²) in [6.45, 7) is 7.06. The Balaban J connectivity index is 2.34. The van der Waals surface area contributed by atoms with Gasteiger partial charge >= 0.3 is 0 Å². The standard InChI is InChI=1S/C20H23N3O3/c1-4-10-25-16-8-6-15(19(12-16)26-11-5-2)7-9-18-14(3)17(13-21)20(24)23-22-18/h6-9,12H,4-5,10-11H2,1-3H3,(H,23,24)/b9-7+. The summed E-state index contributed by atoms with van der Waals surface area (Å²) in [5, 5.41) is 15.5. The van der Waals surface area contributed by atoms with Crippen molar-refractivity contribution >= 4 is 12.2 Å². The van der Waals surface area contributed by atoms with E-state index in [1.165, 1.54) is 0 Å². The smallest absolute Gasteiger partial charge is 0.282 e. The summed E-state index contributed by atoms with van der Waals surface area (Å²) < 4.78 is 11.5. The molecule has 1 heterocycles. The first kappa shape index (κ1) is 19.3. The number of aromatic amines is 1. The van der Waals surface area contributed by atoms with Crippen molar-refractivity contribution in [3.05, 3.63) is 50.9 Å². The van der Waals surface area contributed by atoms with Crippen LogP contribution in [-0.4, -0.2) is 23.4 Å². The fourth-order valence-electron chi connectivity index (χ4n) is 2.31. The zero-order chi connectivity index (χ0) is 18.9. The Morgan fingerprint density at radius 3 is 2.62 bits per heavy atom. The van der Waals surface area contributed by atoms with Crippen LogP contribution in [0.1, 0.15) is 49.1 Å². The van der Waals surface area contributed by atoms with E-state index in [4.69, 9.17) is 14.7 Å². The molecule has 0 atom stereocenters. The molecular formula is C20H23N3O3. The zero-order valence-electron chi connectivity index (χ0n) is 15.3. The van der Waals surface area contributed by atoms with Gasteiger partial charge in [-0.3, -0.25) is 4.79 Å². The fourth-order valence-corrected chi connectivity index (χ4v) is 2.31. The van der Waals surface area contributed by atoms with Gasteiger partial charge in [0.05, 0.1) is 18.9 Å². The van der Waals surface area contributed by atoms with E-state index in [9.17, 15) is 4.79 Å².